The fourth-order valence-corrected chi connectivity index (χ4v) is 2.50. The molecule has 2 aromatic carbocycles. The maximum Gasteiger partial charge on any atom is 0.330 e. The number of imide groups is 1. The van der Waals surface area contributed by atoms with E-state index in [1.165, 1.54) is 24.3 Å². The van der Waals surface area contributed by atoms with Crippen LogP contribution in [0.5, 0.6) is 0 Å². The number of hydrogen-bond acceptors (Lipinski definition) is 4. The molecule has 0 radical (unpaired) electrons. The number of nitrogens with zero attached hydrogens (tertiary/aromatic N) is 1. The van der Waals surface area contributed by atoms with Crippen LogP contribution in [0.2, 0.25) is 0 Å². The SMILES string of the molecule is O=C(/C=C/c1cccc(F)c1)OCCN1C(=O)c2ccccc2C1=O. The molecule has 5 nitrogen and oxygen atoms in total. The van der Waals surface area contributed by atoms with Crippen LogP contribution in [0, 0.1) is 5.82 Å². The van der Waals surface area contributed by atoms with Gasteiger partial charge in [-0.2, -0.15) is 0 Å². The van der Waals surface area contributed by atoms with Crippen molar-refractivity contribution in [3.63, 3.8) is 0 Å². The molecule has 25 heavy (non-hydrogen) atoms. The molecule has 0 saturated heterocycles. The number of esters is 1. The number of carbonyl (C=O) groups excluding carboxylic acids is 3. The summed E-state index contributed by atoms with van der Waals surface area (Å²) in [6.45, 7) is -0.135. The predicted octanol–water partition coefficient (Wildman–Crippen LogP) is 2.68. The van der Waals surface area contributed by atoms with E-state index in [1.54, 1.807) is 30.3 Å². The Balaban J connectivity index is 1.53. The molecule has 2 aromatic rings. The maximum absolute atomic E-state index is 13.0. The highest BCUT2D eigenvalue weighted by molar-refractivity contribution is 6.21. The lowest BCUT2D eigenvalue weighted by atomic mass is 10.1. The number of fused-ring (bicyclic) bond motifs is 1. The molecule has 0 saturated carbocycles. The molecule has 0 fully saturated rings. The van der Waals surface area contributed by atoms with Crippen LogP contribution >= 0.6 is 0 Å². The average molecular weight is 339 g/mol. The minimum Gasteiger partial charge on any atom is -0.461 e. The Labute approximate surface area is 143 Å². The standard InChI is InChI=1S/C19H14FNO4/c20-14-5-3-4-13(12-14)8-9-17(22)25-11-10-21-18(23)15-6-1-2-7-16(15)19(21)24/h1-9,12H,10-11H2/b9-8+. The number of rotatable bonds is 5. The monoisotopic (exact) mass is 339 g/mol. The summed E-state index contributed by atoms with van der Waals surface area (Å²) in [5.74, 6) is -1.83. The lowest BCUT2D eigenvalue weighted by Crippen LogP contribution is -2.33. The van der Waals surface area contributed by atoms with Gasteiger partial charge in [-0.05, 0) is 35.9 Å². The van der Waals surface area contributed by atoms with Crippen molar-refractivity contribution >= 4 is 23.9 Å². The van der Waals surface area contributed by atoms with Gasteiger partial charge in [0.2, 0.25) is 0 Å². The van der Waals surface area contributed by atoms with Crippen molar-refractivity contribution in [3.05, 3.63) is 77.1 Å². The zero-order valence-electron chi connectivity index (χ0n) is 13.1. The van der Waals surface area contributed by atoms with Crippen LogP contribution in [0.4, 0.5) is 4.39 Å². The zero-order valence-corrected chi connectivity index (χ0v) is 13.1. The fraction of sp³-hybridized carbons (Fsp3) is 0.105. The molecular weight excluding hydrogens is 325 g/mol. The van der Waals surface area contributed by atoms with E-state index in [0.29, 0.717) is 16.7 Å². The molecule has 0 spiro atoms. The first-order valence-electron chi connectivity index (χ1n) is 7.62. The summed E-state index contributed by atoms with van der Waals surface area (Å²) in [6, 6.07) is 12.3. The molecule has 0 bridgehead atoms. The van der Waals surface area contributed by atoms with Gasteiger partial charge in [0, 0.05) is 6.08 Å². The van der Waals surface area contributed by atoms with Gasteiger partial charge in [-0.1, -0.05) is 24.3 Å². The molecule has 0 aliphatic carbocycles. The summed E-state index contributed by atoms with van der Waals surface area (Å²) in [5.41, 5.74) is 1.23. The Morgan fingerprint density at radius 3 is 2.36 bits per heavy atom. The van der Waals surface area contributed by atoms with Gasteiger partial charge in [0.1, 0.15) is 12.4 Å². The van der Waals surface area contributed by atoms with Crippen LogP contribution in [0.25, 0.3) is 6.08 Å². The second-order valence-electron chi connectivity index (χ2n) is 5.36. The van der Waals surface area contributed by atoms with Gasteiger partial charge < -0.3 is 4.74 Å². The molecule has 1 heterocycles. The van der Waals surface area contributed by atoms with Crippen LogP contribution in [0.15, 0.2) is 54.6 Å². The third-order valence-corrected chi connectivity index (χ3v) is 3.70. The third-order valence-electron chi connectivity index (χ3n) is 3.70. The van der Waals surface area contributed by atoms with E-state index in [1.807, 2.05) is 0 Å². The topological polar surface area (TPSA) is 63.7 Å². The number of benzene rings is 2. The van der Waals surface area contributed by atoms with E-state index in [0.717, 1.165) is 11.0 Å². The number of hydrogen-bond donors (Lipinski definition) is 0. The van der Waals surface area contributed by atoms with Crippen molar-refractivity contribution in [2.75, 3.05) is 13.2 Å². The van der Waals surface area contributed by atoms with Gasteiger partial charge >= 0.3 is 5.97 Å². The Morgan fingerprint density at radius 1 is 1.04 bits per heavy atom. The highest BCUT2D eigenvalue weighted by Crippen LogP contribution is 2.21. The number of halogens is 1. The summed E-state index contributed by atoms with van der Waals surface area (Å²) in [6.07, 6.45) is 2.59. The quantitative estimate of drug-likeness (QED) is 0.477. The van der Waals surface area contributed by atoms with Crippen molar-refractivity contribution in [1.82, 2.24) is 4.90 Å². The van der Waals surface area contributed by atoms with E-state index in [2.05, 4.69) is 0 Å². The van der Waals surface area contributed by atoms with Crippen molar-refractivity contribution in [2.24, 2.45) is 0 Å². The van der Waals surface area contributed by atoms with Gasteiger partial charge in [0.25, 0.3) is 11.8 Å². The van der Waals surface area contributed by atoms with E-state index in [-0.39, 0.29) is 13.2 Å². The number of ether oxygens (including phenoxy) is 1. The lowest BCUT2D eigenvalue weighted by Gasteiger charge is -2.13. The summed E-state index contributed by atoms with van der Waals surface area (Å²) >= 11 is 0. The predicted molar refractivity (Wildman–Crippen MR) is 88.2 cm³/mol. The Hall–Kier alpha value is -3.28. The van der Waals surface area contributed by atoms with Gasteiger partial charge in [0.15, 0.2) is 0 Å². The lowest BCUT2D eigenvalue weighted by molar-refractivity contribution is -0.137. The first kappa shape index (κ1) is 16.6. The number of carbonyl (C=O) groups is 3. The van der Waals surface area contributed by atoms with Crippen molar-refractivity contribution in [2.45, 2.75) is 0 Å². The Morgan fingerprint density at radius 2 is 1.72 bits per heavy atom. The molecule has 0 atom stereocenters. The van der Waals surface area contributed by atoms with Crippen molar-refractivity contribution < 1.29 is 23.5 Å². The van der Waals surface area contributed by atoms with Crippen LogP contribution in [0.1, 0.15) is 26.3 Å². The second-order valence-corrected chi connectivity index (χ2v) is 5.36. The van der Waals surface area contributed by atoms with E-state index < -0.39 is 23.6 Å². The molecular formula is C19H14FNO4. The molecule has 6 heteroatoms. The normalized spacial score (nSPS) is 13.4. The zero-order chi connectivity index (χ0) is 17.8. The molecule has 0 aromatic heterocycles. The molecule has 1 aliphatic rings. The van der Waals surface area contributed by atoms with E-state index in [9.17, 15) is 18.8 Å². The summed E-state index contributed by atoms with van der Waals surface area (Å²) in [7, 11) is 0. The largest absolute Gasteiger partial charge is 0.461 e. The maximum atomic E-state index is 13.0. The molecule has 126 valence electrons. The molecule has 0 N–H and O–H groups in total. The summed E-state index contributed by atoms with van der Waals surface area (Å²) in [4.78, 5) is 37.0. The van der Waals surface area contributed by atoms with E-state index >= 15 is 0 Å². The fourth-order valence-electron chi connectivity index (χ4n) is 2.50. The minimum atomic E-state index is -0.638. The third kappa shape index (κ3) is 3.63. The highest BCUT2D eigenvalue weighted by atomic mass is 19.1. The molecule has 2 amide bonds. The van der Waals surface area contributed by atoms with Crippen LogP contribution in [0.3, 0.4) is 0 Å². The first-order chi connectivity index (χ1) is 12.1. The van der Waals surface area contributed by atoms with E-state index in [4.69, 9.17) is 4.74 Å². The molecule has 1 aliphatic heterocycles. The van der Waals surface area contributed by atoms with Crippen molar-refractivity contribution in [3.8, 4) is 0 Å². The Kier molecular flexibility index (Phi) is 4.70. The Bertz CT molecular complexity index is 840. The van der Waals surface area contributed by atoms with Gasteiger partial charge in [-0.25, -0.2) is 9.18 Å². The average Bonchev–Trinajstić information content (AvgIpc) is 2.85. The second kappa shape index (κ2) is 7.09. The van der Waals surface area contributed by atoms with Gasteiger partial charge in [0.05, 0.1) is 17.7 Å². The summed E-state index contributed by atoms with van der Waals surface area (Å²) in [5, 5.41) is 0. The van der Waals surface area contributed by atoms with Crippen LogP contribution in [-0.2, 0) is 9.53 Å². The minimum absolute atomic E-state index is 0.0219. The molecule has 3 rings (SSSR count). The first-order valence-corrected chi connectivity index (χ1v) is 7.62. The highest BCUT2D eigenvalue weighted by Gasteiger charge is 2.34. The summed E-state index contributed by atoms with van der Waals surface area (Å²) < 4.78 is 18.0. The molecule has 0 unspecified atom stereocenters. The van der Waals surface area contributed by atoms with Crippen molar-refractivity contribution in [1.29, 1.82) is 0 Å². The number of amides is 2. The van der Waals surface area contributed by atoms with Crippen LogP contribution < -0.4 is 0 Å². The van der Waals surface area contributed by atoms with Crippen LogP contribution in [-0.4, -0.2) is 35.8 Å². The van der Waals surface area contributed by atoms with Gasteiger partial charge in [-0.3, -0.25) is 14.5 Å². The van der Waals surface area contributed by atoms with Gasteiger partial charge in [-0.15, -0.1) is 0 Å². The smallest absolute Gasteiger partial charge is 0.330 e.